The molecule has 0 fully saturated rings. The zero-order valence-corrected chi connectivity index (χ0v) is 9.78. The molecular weight excluding hydrogens is 200 g/mol. The highest BCUT2D eigenvalue weighted by Crippen LogP contribution is 2.24. The van der Waals surface area contributed by atoms with Crippen LogP contribution in [0.25, 0.3) is 5.57 Å². The van der Waals surface area contributed by atoms with Gasteiger partial charge in [0.25, 0.3) is 0 Å². The van der Waals surface area contributed by atoms with Crippen LogP contribution in [0, 0.1) is 0 Å². The van der Waals surface area contributed by atoms with E-state index >= 15 is 0 Å². The van der Waals surface area contributed by atoms with Crippen LogP contribution in [0.4, 0.5) is 0 Å². The zero-order valence-electron chi connectivity index (χ0n) is 9.78. The second-order valence-corrected chi connectivity index (χ2v) is 4.28. The maximum Gasteiger partial charge on any atom is 0.156 e. The van der Waals surface area contributed by atoms with E-state index in [9.17, 15) is 4.79 Å². The molecule has 3 nitrogen and oxygen atoms in total. The second kappa shape index (κ2) is 5.10. The van der Waals surface area contributed by atoms with Crippen molar-refractivity contribution < 1.29 is 4.79 Å². The molecule has 0 aromatic carbocycles. The molecule has 0 amide bonds. The molecular formula is C13H18N2O. The van der Waals surface area contributed by atoms with Gasteiger partial charge in [0, 0.05) is 19.2 Å². The number of aryl methyl sites for hydroxylation is 1. The molecule has 1 aliphatic rings. The van der Waals surface area contributed by atoms with E-state index in [1.807, 2.05) is 23.0 Å². The van der Waals surface area contributed by atoms with Gasteiger partial charge in [0.05, 0.1) is 5.69 Å². The molecule has 0 spiro atoms. The van der Waals surface area contributed by atoms with Gasteiger partial charge in [-0.1, -0.05) is 6.92 Å². The lowest BCUT2D eigenvalue weighted by Crippen LogP contribution is -2.04. The molecule has 1 aromatic heterocycles. The largest absolute Gasteiger partial charge is 0.295 e. The van der Waals surface area contributed by atoms with Gasteiger partial charge in [0.2, 0.25) is 0 Å². The quantitative estimate of drug-likeness (QED) is 0.782. The van der Waals surface area contributed by atoms with Gasteiger partial charge >= 0.3 is 0 Å². The van der Waals surface area contributed by atoms with Crippen LogP contribution >= 0.6 is 0 Å². The van der Waals surface area contributed by atoms with E-state index in [1.165, 1.54) is 0 Å². The molecule has 0 N–H and O–H groups in total. The van der Waals surface area contributed by atoms with Crippen LogP contribution in [0.15, 0.2) is 18.3 Å². The van der Waals surface area contributed by atoms with Gasteiger partial charge in [0.15, 0.2) is 5.78 Å². The summed E-state index contributed by atoms with van der Waals surface area (Å²) in [4.78, 5) is 11.6. The van der Waals surface area contributed by atoms with E-state index in [4.69, 9.17) is 0 Å². The molecule has 0 unspecified atom stereocenters. The van der Waals surface area contributed by atoms with Gasteiger partial charge in [-0.2, -0.15) is 5.10 Å². The van der Waals surface area contributed by atoms with E-state index in [0.717, 1.165) is 43.5 Å². The fourth-order valence-electron chi connectivity index (χ4n) is 2.15. The van der Waals surface area contributed by atoms with Crippen molar-refractivity contribution in [2.24, 2.45) is 0 Å². The first kappa shape index (κ1) is 11.1. The second-order valence-electron chi connectivity index (χ2n) is 4.28. The Morgan fingerprint density at radius 1 is 1.38 bits per heavy atom. The van der Waals surface area contributed by atoms with Crippen molar-refractivity contribution in [2.75, 3.05) is 0 Å². The predicted molar refractivity (Wildman–Crippen MR) is 64.0 cm³/mol. The first-order valence-electron chi connectivity index (χ1n) is 6.07. The minimum absolute atomic E-state index is 0.261. The average Bonchev–Trinajstić information content (AvgIpc) is 2.61. The van der Waals surface area contributed by atoms with Gasteiger partial charge in [-0.05, 0) is 43.4 Å². The number of rotatable bonds is 3. The molecule has 1 aromatic rings. The van der Waals surface area contributed by atoms with Crippen molar-refractivity contribution >= 4 is 11.4 Å². The third-order valence-corrected chi connectivity index (χ3v) is 2.94. The Hall–Kier alpha value is -1.38. The molecule has 1 heterocycles. The van der Waals surface area contributed by atoms with E-state index in [0.29, 0.717) is 6.42 Å². The maximum absolute atomic E-state index is 11.6. The van der Waals surface area contributed by atoms with Crippen LogP contribution in [-0.2, 0) is 11.3 Å². The predicted octanol–water partition coefficient (Wildman–Crippen LogP) is 2.82. The van der Waals surface area contributed by atoms with Gasteiger partial charge in [0.1, 0.15) is 0 Å². The molecule has 0 saturated heterocycles. The minimum Gasteiger partial charge on any atom is -0.295 e. The van der Waals surface area contributed by atoms with Crippen molar-refractivity contribution in [2.45, 2.75) is 45.6 Å². The topological polar surface area (TPSA) is 34.9 Å². The summed E-state index contributed by atoms with van der Waals surface area (Å²) in [6.45, 7) is 3.06. The van der Waals surface area contributed by atoms with E-state index in [-0.39, 0.29) is 5.78 Å². The van der Waals surface area contributed by atoms with Crippen LogP contribution in [0.1, 0.15) is 44.7 Å². The monoisotopic (exact) mass is 218 g/mol. The summed E-state index contributed by atoms with van der Waals surface area (Å²) < 4.78 is 2.00. The van der Waals surface area contributed by atoms with Gasteiger partial charge in [-0.25, -0.2) is 0 Å². The van der Waals surface area contributed by atoms with Crippen LogP contribution in [-0.4, -0.2) is 15.6 Å². The Morgan fingerprint density at radius 2 is 2.19 bits per heavy atom. The van der Waals surface area contributed by atoms with Crippen molar-refractivity contribution in [3.8, 4) is 0 Å². The zero-order chi connectivity index (χ0) is 11.4. The number of nitrogens with zero attached hydrogens (tertiary/aromatic N) is 2. The highest BCUT2D eigenvalue weighted by Gasteiger charge is 2.13. The van der Waals surface area contributed by atoms with Crippen LogP contribution < -0.4 is 0 Å². The molecule has 0 aliphatic heterocycles. The van der Waals surface area contributed by atoms with E-state index in [1.54, 1.807) is 0 Å². The lowest BCUT2D eigenvalue weighted by Gasteiger charge is -2.08. The van der Waals surface area contributed by atoms with E-state index < -0.39 is 0 Å². The molecule has 0 bridgehead atoms. The van der Waals surface area contributed by atoms with Crippen molar-refractivity contribution in [1.82, 2.24) is 9.78 Å². The number of hydrogen-bond acceptors (Lipinski definition) is 2. The summed E-state index contributed by atoms with van der Waals surface area (Å²) >= 11 is 0. The van der Waals surface area contributed by atoms with Crippen LogP contribution in [0.2, 0.25) is 0 Å². The first-order valence-corrected chi connectivity index (χ1v) is 6.07. The highest BCUT2D eigenvalue weighted by atomic mass is 16.1. The van der Waals surface area contributed by atoms with Crippen molar-refractivity contribution in [3.63, 3.8) is 0 Å². The standard InChI is InChI=1S/C13H18N2O/c1-2-9-15-13(7-8-14-15)11-5-3-4-6-12(16)10-11/h7-8,10H,2-6,9H2,1H3. The summed E-state index contributed by atoms with van der Waals surface area (Å²) in [7, 11) is 0. The molecule has 2 rings (SSSR count). The number of carbonyl (C=O) groups excluding carboxylic acids is 1. The van der Waals surface area contributed by atoms with Gasteiger partial charge in [-0.15, -0.1) is 0 Å². The lowest BCUT2D eigenvalue weighted by atomic mass is 10.1. The SMILES string of the molecule is CCCn1nccc1C1=CC(=O)CCCC1. The Labute approximate surface area is 96.2 Å². The van der Waals surface area contributed by atoms with Crippen molar-refractivity contribution in [3.05, 3.63) is 24.0 Å². The molecule has 86 valence electrons. The van der Waals surface area contributed by atoms with Gasteiger partial charge < -0.3 is 0 Å². The van der Waals surface area contributed by atoms with Crippen LogP contribution in [0.5, 0.6) is 0 Å². The molecule has 0 saturated carbocycles. The van der Waals surface area contributed by atoms with Crippen molar-refractivity contribution in [1.29, 1.82) is 0 Å². The summed E-state index contributed by atoms with van der Waals surface area (Å²) in [5.74, 6) is 0.261. The average molecular weight is 218 g/mol. The summed E-state index contributed by atoms with van der Waals surface area (Å²) in [6, 6.07) is 2.01. The lowest BCUT2D eigenvalue weighted by molar-refractivity contribution is -0.114. The maximum atomic E-state index is 11.6. The molecule has 16 heavy (non-hydrogen) atoms. The number of aromatic nitrogens is 2. The molecule has 1 aliphatic carbocycles. The number of allylic oxidation sites excluding steroid dienone is 2. The van der Waals surface area contributed by atoms with E-state index in [2.05, 4.69) is 12.0 Å². The van der Waals surface area contributed by atoms with Crippen LogP contribution in [0.3, 0.4) is 0 Å². The highest BCUT2D eigenvalue weighted by molar-refractivity contribution is 5.96. The normalized spacial score (nSPS) is 17.1. The Kier molecular flexibility index (Phi) is 3.54. The molecule has 3 heteroatoms. The number of hydrogen-bond donors (Lipinski definition) is 0. The Bertz CT molecular complexity index is 404. The fraction of sp³-hybridized carbons (Fsp3) is 0.538. The summed E-state index contributed by atoms with van der Waals surface area (Å²) in [5, 5.41) is 4.30. The summed E-state index contributed by atoms with van der Waals surface area (Å²) in [5.41, 5.74) is 2.28. The minimum atomic E-state index is 0.261. The third kappa shape index (κ3) is 2.40. The first-order chi connectivity index (χ1) is 7.81. The Morgan fingerprint density at radius 3 is 3.00 bits per heavy atom. The number of carbonyl (C=O) groups is 1. The molecule has 0 atom stereocenters. The third-order valence-electron chi connectivity index (χ3n) is 2.94. The Balaban J connectivity index is 2.27. The van der Waals surface area contributed by atoms with Gasteiger partial charge in [-0.3, -0.25) is 9.48 Å². The summed E-state index contributed by atoms with van der Waals surface area (Å²) in [6.07, 6.45) is 8.52. The number of ketones is 1. The fourth-order valence-corrected chi connectivity index (χ4v) is 2.15. The molecule has 0 radical (unpaired) electrons. The smallest absolute Gasteiger partial charge is 0.156 e.